The van der Waals surface area contributed by atoms with Crippen molar-refractivity contribution >= 4 is 30.1 Å². The number of carbonyl (C=O) groups excluding carboxylic acids is 3. The number of unbranched alkanes of at least 4 members (excludes halogenated alkanes) is 2. The minimum Gasteiger partial charge on any atom is -0.383 e. The molecular weight excluding hydrogens is 262 g/mol. The van der Waals surface area contributed by atoms with E-state index in [9.17, 15) is 14.4 Å². The molecule has 4 N–H and O–H groups in total. The highest BCUT2D eigenvalue weighted by atomic mass is 35.5. The summed E-state index contributed by atoms with van der Waals surface area (Å²) >= 11 is 0. The highest BCUT2D eigenvalue weighted by Gasteiger charge is 2.36. The van der Waals surface area contributed by atoms with E-state index in [1.807, 2.05) is 5.43 Å². The van der Waals surface area contributed by atoms with Crippen LogP contribution in [0.3, 0.4) is 0 Å². The van der Waals surface area contributed by atoms with Crippen LogP contribution in [0.15, 0.2) is 0 Å². The van der Waals surface area contributed by atoms with E-state index in [0.717, 1.165) is 11.3 Å². The summed E-state index contributed by atoms with van der Waals surface area (Å²) in [7, 11) is 0. The first-order valence-electron chi connectivity index (χ1n) is 5.58. The molecule has 7 nitrogen and oxygen atoms in total. The van der Waals surface area contributed by atoms with E-state index in [4.69, 9.17) is 10.9 Å². The van der Waals surface area contributed by atoms with Gasteiger partial charge in [0.2, 0.25) is 11.8 Å². The molecule has 1 unspecified atom stereocenters. The molecule has 1 atom stereocenters. The third kappa shape index (κ3) is 4.59. The number of aliphatic hydroxyl groups is 1. The van der Waals surface area contributed by atoms with E-state index in [-0.39, 0.29) is 30.6 Å². The summed E-state index contributed by atoms with van der Waals surface area (Å²) in [5.74, 6) is 3.84. The number of carbonyl (C=O) groups is 3. The highest BCUT2D eigenvalue weighted by molar-refractivity contribution is 6.04. The maximum atomic E-state index is 11.3. The molecule has 0 aromatic rings. The molecule has 18 heavy (non-hydrogen) atoms. The van der Waals surface area contributed by atoms with E-state index in [0.29, 0.717) is 25.8 Å². The summed E-state index contributed by atoms with van der Waals surface area (Å²) < 4.78 is 0. The smallest absolute Gasteiger partial charge is 0.258 e. The minimum atomic E-state index is -1.18. The molecule has 0 aromatic heterocycles. The second-order valence-electron chi connectivity index (χ2n) is 3.98. The zero-order valence-electron chi connectivity index (χ0n) is 9.92. The van der Waals surface area contributed by atoms with Gasteiger partial charge < -0.3 is 5.11 Å². The lowest BCUT2D eigenvalue weighted by Crippen LogP contribution is -2.33. The van der Waals surface area contributed by atoms with Gasteiger partial charge >= 0.3 is 0 Å². The molecule has 1 aliphatic heterocycles. The van der Waals surface area contributed by atoms with E-state index >= 15 is 0 Å². The van der Waals surface area contributed by atoms with Gasteiger partial charge in [0, 0.05) is 13.0 Å². The number of nitrogens with zero attached hydrogens (tertiary/aromatic N) is 1. The third-order valence-electron chi connectivity index (χ3n) is 2.67. The second-order valence-corrected chi connectivity index (χ2v) is 3.98. The van der Waals surface area contributed by atoms with Crippen molar-refractivity contribution < 1.29 is 19.5 Å². The molecule has 1 rings (SSSR count). The zero-order valence-corrected chi connectivity index (χ0v) is 10.7. The number of imide groups is 1. The van der Waals surface area contributed by atoms with E-state index < -0.39 is 12.0 Å². The fourth-order valence-electron chi connectivity index (χ4n) is 1.71. The molecule has 1 saturated heterocycles. The van der Waals surface area contributed by atoms with Crippen molar-refractivity contribution in [2.45, 2.75) is 38.2 Å². The van der Waals surface area contributed by atoms with Crippen molar-refractivity contribution in [1.82, 2.24) is 10.3 Å². The van der Waals surface area contributed by atoms with Gasteiger partial charge in [0.1, 0.15) is 6.10 Å². The molecule has 0 radical (unpaired) electrons. The number of likely N-dealkylation sites (tertiary alicyclic amines) is 1. The first-order chi connectivity index (χ1) is 8.06. The Hall–Kier alpha value is -1.18. The predicted octanol–water partition coefficient (Wildman–Crippen LogP) is -0.922. The number of hydrogen-bond acceptors (Lipinski definition) is 5. The van der Waals surface area contributed by atoms with Gasteiger partial charge in [-0.15, -0.1) is 12.4 Å². The van der Waals surface area contributed by atoms with Gasteiger partial charge in [-0.05, 0) is 12.8 Å². The van der Waals surface area contributed by atoms with Crippen LogP contribution in [0.4, 0.5) is 0 Å². The summed E-state index contributed by atoms with van der Waals surface area (Å²) in [5, 5.41) is 9.17. The number of hydrogen-bond donors (Lipinski definition) is 3. The third-order valence-corrected chi connectivity index (χ3v) is 2.67. The average Bonchev–Trinajstić information content (AvgIpc) is 2.54. The molecule has 0 aliphatic carbocycles. The van der Waals surface area contributed by atoms with Crippen molar-refractivity contribution in [2.75, 3.05) is 6.54 Å². The van der Waals surface area contributed by atoms with E-state index in [1.165, 1.54) is 0 Å². The summed E-state index contributed by atoms with van der Waals surface area (Å²) in [5.41, 5.74) is 2.03. The van der Waals surface area contributed by atoms with Crippen molar-refractivity contribution in [1.29, 1.82) is 0 Å². The van der Waals surface area contributed by atoms with Crippen LogP contribution in [-0.2, 0) is 14.4 Å². The van der Waals surface area contributed by atoms with Gasteiger partial charge in [0.05, 0.1) is 6.42 Å². The molecular formula is C10H18ClN3O4. The Morgan fingerprint density at radius 1 is 1.39 bits per heavy atom. The van der Waals surface area contributed by atoms with Crippen molar-refractivity contribution in [2.24, 2.45) is 5.84 Å². The van der Waals surface area contributed by atoms with Crippen LogP contribution in [0.5, 0.6) is 0 Å². The van der Waals surface area contributed by atoms with Crippen molar-refractivity contribution in [3.63, 3.8) is 0 Å². The van der Waals surface area contributed by atoms with Crippen LogP contribution in [0, 0.1) is 0 Å². The largest absolute Gasteiger partial charge is 0.383 e. The summed E-state index contributed by atoms with van der Waals surface area (Å²) in [4.78, 5) is 34.5. The van der Waals surface area contributed by atoms with Crippen LogP contribution in [0.1, 0.15) is 32.1 Å². The van der Waals surface area contributed by atoms with Crippen LogP contribution in [0.2, 0.25) is 0 Å². The SMILES string of the molecule is Cl.NNC(=O)CCCCCN1C(=O)CC(O)C1=O. The summed E-state index contributed by atoms with van der Waals surface area (Å²) in [6, 6.07) is 0. The van der Waals surface area contributed by atoms with Crippen molar-refractivity contribution in [3.8, 4) is 0 Å². The minimum absolute atomic E-state index is 0. The molecule has 0 spiro atoms. The number of nitrogens with two attached hydrogens (primary N) is 1. The van der Waals surface area contributed by atoms with Crippen LogP contribution in [0.25, 0.3) is 0 Å². The Bertz CT molecular complexity index is 324. The van der Waals surface area contributed by atoms with Crippen LogP contribution < -0.4 is 11.3 Å². The lowest BCUT2D eigenvalue weighted by molar-refractivity contribution is -0.140. The first kappa shape index (κ1) is 16.8. The van der Waals surface area contributed by atoms with Crippen LogP contribution in [-0.4, -0.2) is 40.4 Å². The standard InChI is InChI=1S/C10H17N3O4.ClH/c11-12-8(15)4-2-1-3-5-13-9(16)6-7(14)10(13)17;/h7,14H,1-6,11H2,(H,12,15);1H. The first-order valence-corrected chi connectivity index (χ1v) is 5.58. The number of aliphatic hydroxyl groups excluding tert-OH is 1. The maximum Gasteiger partial charge on any atom is 0.258 e. The number of halogens is 1. The van der Waals surface area contributed by atoms with E-state index in [2.05, 4.69) is 0 Å². The molecule has 104 valence electrons. The number of nitrogens with one attached hydrogen (secondary N) is 1. The number of hydrazine groups is 1. The Morgan fingerprint density at radius 2 is 2.06 bits per heavy atom. The maximum absolute atomic E-state index is 11.3. The molecule has 0 bridgehead atoms. The number of rotatable bonds is 6. The fourth-order valence-corrected chi connectivity index (χ4v) is 1.71. The fraction of sp³-hybridized carbons (Fsp3) is 0.700. The van der Waals surface area contributed by atoms with Gasteiger partial charge in [-0.25, -0.2) is 5.84 Å². The molecule has 8 heteroatoms. The van der Waals surface area contributed by atoms with Crippen molar-refractivity contribution in [3.05, 3.63) is 0 Å². The number of amides is 3. The Kier molecular flexibility index (Phi) is 7.49. The quantitative estimate of drug-likeness (QED) is 0.191. The Morgan fingerprint density at radius 3 is 2.56 bits per heavy atom. The lowest BCUT2D eigenvalue weighted by atomic mass is 10.2. The average molecular weight is 280 g/mol. The van der Waals surface area contributed by atoms with Gasteiger partial charge in [-0.2, -0.15) is 0 Å². The Labute approximate surface area is 111 Å². The normalized spacial score (nSPS) is 18.8. The highest BCUT2D eigenvalue weighted by Crippen LogP contribution is 2.14. The zero-order chi connectivity index (χ0) is 12.8. The monoisotopic (exact) mass is 279 g/mol. The van der Waals surface area contributed by atoms with Gasteiger partial charge in [0.25, 0.3) is 5.91 Å². The van der Waals surface area contributed by atoms with E-state index in [1.54, 1.807) is 0 Å². The van der Waals surface area contributed by atoms with Gasteiger partial charge in [-0.1, -0.05) is 6.42 Å². The Balaban J connectivity index is 0.00000289. The van der Waals surface area contributed by atoms with Gasteiger partial charge in [0.15, 0.2) is 0 Å². The predicted molar refractivity (Wildman–Crippen MR) is 65.4 cm³/mol. The molecule has 0 aromatic carbocycles. The molecule has 1 fully saturated rings. The second kappa shape index (κ2) is 8.02. The van der Waals surface area contributed by atoms with Crippen LogP contribution >= 0.6 is 12.4 Å². The topological polar surface area (TPSA) is 113 Å². The summed E-state index contributed by atoms with van der Waals surface area (Å²) in [6.45, 7) is 0.305. The summed E-state index contributed by atoms with van der Waals surface area (Å²) in [6.07, 6.45) is 1.05. The molecule has 3 amide bonds. The van der Waals surface area contributed by atoms with Gasteiger partial charge in [-0.3, -0.25) is 24.7 Å². The lowest BCUT2D eigenvalue weighted by Gasteiger charge is -2.13. The molecule has 1 aliphatic rings. The molecule has 0 saturated carbocycles. The molecule has 1 heterocycles.